The molecule has 0 bridgehead atoms. The Balaban J connectivity index is 2.80. The summed E-state index contributed by atoms with van der Waals surface area (Å²) in [5.74, 6) is -2.84. The van der Waals surface area contributed by atoms with Crippen LogP contribution in [0, 0.1) is 7.14 Å². The molecule has 0 radical (unpaired) electrons. The normalized spacial score (nSPS) is 10.0. The summed E-state index contributed by atoms with van der Waals surface area (Å²) in [6.07, 6.45) is 1.72. The predicted octanol–water partition coefficient (Wildman–Crippen LogP) is 1.07. The highest BCUT2D eigenvalue weighted by atomic mass is 127. The largest absolute Gasteiger partial charge is 0.545 e. The summed E-state index contributed by atoms with van der Waals surface area (Å²) in [4.78, 5) is 33.8. The third-order valence-corrected chi connectivity index (χ3v) is 4.01. The van der Waals surface area contributed by atoms with Gasteiger partial charge in [-0.1, -0.05) is 0 Å². The highest BCUT2D eigenvalue weighted by Gasteiger charge is 2.16. The Morgan fingerprint density at radius 2 is 1.90 bits per heavy atom. The average molecular weight is 535 g/mol. The molecule has 0 aliphatic rings. The lowest BCUT2D eigenvalue weighted by molar-refractivity contribution is -0.255. The van der Waals surface area contributed by atoms with E-state index in [1.165, 1.54) is 17.8 Å². The number of benzene rings is 1. The molecular formula is C12H9I2O6S-. The van der Waals surface area contributed by atoms with Crippen LogP contribution in [-0.2, 0) is 14.3 Å². The van der Waals surface area contributed by atoms with Gasteiger partial charge in [0.05, 0.1) is 15.3 Å². The number of carbonyl (C=O) groups excluding carboxylic acids is 3. The Morgan fingerprint density at radius 1 is 1.24 bits per heavy atom. The van der Waals surface area contributed by atoms with Gasteiger partial charge < -0.3 is 19.4 Å². The van der Waals surface area contributed by atoms with E-state index in [-0.39, 0.29) is 17.1 Å². The zero-order valence-electron chi connectivity index (χ0n) is 10.7. The van der Waals surface area contributed by atoms with Crippen LogP contribution in [0.2, 0.25) is 0 Å². The highest BCUT2D eigenvalue weighted by Crippen LogP contribution is 2.28. The Morgan fingerprint density at radius 3 is 2.48 bits per heavy atom. The molecule has 1 aromatic rings. The number of aromatic carboxylic acids is 1. The van der Waals surface area contributed by atoms with Gasteiger partial charge in [0.25, 0.3) is 0 Å². The maximum absolute atomic E-state index is 11.6. The maximum Gasteiger partial charge on any atom is 0.349 e. The van der Waals surface area contributed by atoms with Crippen molar-refractivity contribution >= 4 is 74.9 Å². The van der Waals surface area contributed by atoms with Crippen LogP contribution >= 0.6 is 56.9 Å². The van der Waals surface area contributed by atoms with Crippen molar-refractivity contribution in [2.45, 2.75) is 0 Å². The second kappa shape index (κ2) is 8.78. The molecular weight excluding hydrogens is 526 g/mol. The number of rotatable bonds is 6. The third-order valence-electron chi connectivity index (χ3n) is 2.06. The lowest BCUT2D eigenvalue weighted by Crippen LogP contribution is -2.26. The van der Waals surface area contributed by atoms with E-state index in [0.29, 0.717) is 7.14 Å². The molecule has 0 spiro atoms. The van der Waals surface area contributed by atoms with E-state index in [9.17, 15) is 19.5 Å². The van der Waals surface area contributed by atoms with Crippen molar-refractivity contribution in [1.82, 2.24) is 0 Å². The van der Waals surface area contributed by atoms with E-state index in [4.69, 9.17) is 4.74 Å². The van der Waals surface area contributed by atoms with E-state index in [0.717, 1.165) is 0 Å². The summed E-state index contributed by atoms with van der Waals surface area (Å²) < 4.78 is 10.8. The predicted molar refractivity (Wildman–Crippen MR) is 91.2 cm³/mol. The van der Waals surface area contributed by atoms with Gasteiger partial charge in [-0.15, -0.1) is 0 Å². The summed E-state index contributed by atoms with van der Waals surface area (Å²) in [5, 5.41) is 11.1. The van der Waals surface area contributed by atoms with Gasteiger partial charge >= 0.3 is 11.9 Å². The van der Waals surface area contributed by atoms with Crippen molar-refractivity contribution in [3.05, 3.63) is 24.8 Å². The zero-order chi connectivity index (χ0) is 16.0. The van der Waals surface area contributed by atoms with Crippen LogP contribution in [0.25, 0.3) is 0 Å². The van der Waals surface area contributed by atoms with Crippen molar-refractivity contribution in [1.29, 1.82) is 0 Å². The molecule has 0 unspecified atom stereocenters. The second-order valence-corrected chi connectivity index (χ2v) is 6.89. The minimum Gasteiger partial charge on any atom is -0.545 e. The second-order valence-electron chi connectivity index (χ2n) is 3.62. The first-order chi connectivity index (χ1) is 9.85. The van der Waals surface area contributed by atoms with Gasteiger partial charge in [0.2, 0.25) is 0 Å². The maximum atomic E-state index is 11.6. The van der Waals surface area contributed by atoms with Crippen LogP contribution in [0.5, 0.6) is 5.75 Å². The quantitative estimate of drug-likeness (QED) is 0.306. The van der Waals surface area contributed by atoms with Crippen molar-refractivity contribution < 1.29 is 29.0 Å². The number of carboxylic acids is 1. The van der Waals surface area contributed by atoms with E-state index in [1.54, 1.807) is 12.3 Å². The fraction of sp³-hybridized carbons (Fsp3) is 0.250. The summed E-state index contributed by atoms with van der Waals surface area (Å²) in [5.41, 5.74) is -0.227. The van der Waals surface area contributed by atoms with Gasteiger partial charge in [0, 0.05) is 9.13 Å². The van der Waals surface area contributed by atoms with Crippen LogP contribution in [0.1, 0.15) is 10.4 Å². The number of hydrogen-bond donors (Lipinski definition) is 0. The molecule has 0 heterocycles. The van der Waals surface area contributed by atoms with E-state index in [1.807, 2.05) is 45.2 Å². The first kappa shape index (κ1) is 18.5. The van der Waals surface area contributed by atoms with Gasteiger partial charge in [-0.05, 0) is 63.6 Å². The van der Waals surface area contributed by atoms with Crippen LogP contribution in [0.4, 0.5) is 0 Å². The van der Waals surface area contributed by atoms with Gasteiger partial charge in [-0.25, -0.2) is 4.79 Å². The Hall–Kier alpha value is -0.560. The smallest absolute Gasteiger partial charge is 0.349 e. The number of carbonyl (C=O) groups is 3. The first-order valence-electron chi connectivity index (χ1n) is 5.40. The van der Waals surface area contributed by atoms with Gasteiger partial charge in [-0.3, -0.25) is 4.79 Å². The molecule has 21 heavy (non-hydrogen) atoms. The molecule has 114 valence electrons. The van der Waals surface area contributed by atoms with Crippen LogP contribution < -0.4 is 9.84 Å². The summed E-state index contributed by atoms with van der Waals surface area (Å²) in [6.45, 7) is -0.575. The molecule has 0 atom stereocenters. The number of ether oxygens (including phenoxy) is 2. The summed E-state index contributed by atoms with van der Waals surface area (Å²) in [7, 11) is 0. The van der Waals surface area contributed by atoms with Crippen molar-refractivity contribution in [3.63, 3.8) is 0 Å². The molecule has 0 saturated carbocycles. The van der Waals surface area contributed by atoms with Crippen molar-refractivity contribution in [3.8, 4) is 5.75 Å². The van der Waals surface area contributed by atoms with Gasteiger partial charge in [-0.2, -0.15) is 11.8 Å². The number of esters is 2. The van der Waals surface area contributed by atoms with E-state index >= 15 is 0 Å². The molecule has 0 aliphatic heterocycles. The Bertz CT molecular complexity index is 575. The Labute approximate surface area is 152 Å². The Kier molecular flexibility index (Phi) is 7.73. The molecule has 0 amide bonds. The van der Waals surface area contributed by atoms with Crippen molar-refractivity contribution in [2.75, 3.05) is 18.6 Å². The molecule has 6 nitrogen and oxygen atoms in total. The highest BCUT2D eigenvalue weighted by molar-refractivity contribution is 14.1. The molecule has 0 fully saturated rings. The monoisotopic (exact) mass is 535 g/mol. The molecule has 0 N–H and O–H groups in total. The minimum atomic E-state index is -1.45. The lowest BCUT2D eigenvalue weighted by atomic mass is 10.2. The number of carboxylic acid groups (broad SMARTS) is 1. The van der Waals surface area contributed by atoms with E-state index in [2.05, 4.69) is 4.74 Å². The first-order valence-corrected chi connectivity index (χ1v) is 8.96. The molecule has 0 aliphatic carbocycles. The summed E-state index contributed by atoms with van der Waals surface area (Å²) in [6, 6.07) is 2.98. The SMILES string of the molecule is CSCC(=O)OCC(=O)Oc1c(I)cc(I)cc1C(=O)[O-]. The van der Waals surface area contributed by atoms with Crippen LogP contribution in [-0.4, -0.2) is 36.5 Å². The molecule has 1 aromatic carbocycles. The zero-order valence-corrected chi connectivity index (χ0v) is 15.8. The molecule has 9 heteroatoms. The topological polar surface area (TPSA) is 92.7 Å². The molecule has 1 rings (SSSR count). The fourth-order valence-electron chi connectivity index (χ4n) is 1.26. The average Bonchev–Trinajstić information content (AvgIpc) is 2.39. The number of halogens is 2. The van der Waals surface area contributed by atoms with Crippen molar-refractivity contribution in [2.24, 2.45) is 0 Å². The fourth-order valence-corrected chi connectivity index (χ4v) is 3.53. The third kappa shape index (κ3) is 5.98. The van der Waals surface area contributed by atoms with Gasteiger partial charge in [0.1, 0.15) is 0 Å². The standard InChI is InChI=1S/C12H10I2O6S/c1-21-5-10(16)19-4-9(15)20-11-7(12(17)18)2-6(13)3-8(11)14/h2-3H,4-5H2,1H3,(H,17,18)/p-1. The summed E-state index contributed by atoms with van der Waals surface area (Å²) >= 11 is 5.05. The van der Waals surface area contributed by atoms with E-state index < -0.39 is 24.5 Å². The van der Waals surface area contributed by atoms with Gasteiger partial charge in [0.15, 0.2) is 12.4 Å². The molecule has 0 saturated heterocycles. The molecule has 0 aromatic heterocycles. The van der Waals surface area contributed by atoms with Crippen LogP contribution in [0.15, 0.2) is 12.1 Å². The number of thioether (sulfide) groups is 1. The number of hydrogen-bond acceptors (Lipinski definition) is 7. The minimum absolute atomic E-state index is 0.109. The lowest BCUT2D eigenvalue weighted by Gasteiger charge is -2.13. The van der Waals surface area contributed by atoms with Crippen LogP contribution in [0.3, 0.4) is 0 Å².